The first-order valence-corrected chi connectivity index (χ1v) is 9.31. The minimum Gasteiger partial charge on any atom is -0.459 e. The first kappa shape index (κ1) is 16.3. The van der Waals surface area contributed by atoms with Gasteiger partial charge in [0.2, 0.25) is 0 Å². The largest absolute Gasteiger partial charge is 0.459 e. The van der Waals surface area contributed by atoms with Crippen LogP contribution in [0.1, 0.15) is 32.1 Å². The Hall–Kier alpha value is -1.04. The van der Waals surface area contributed by atoms with Crippen molar-refractivity contribution < 1.29 is 12.8 Å². The van der Waals surface area contributed by atoms with E-state index in [-0.39, 0.29) is 17.8 Å². The van der Waals surface area contributed by atoms with Gasteiger partial charge >= 0.3 is 0 Å². The maximum Gasteiger partial charge on any atom is 0.147 e. The van der Waals surface area contributed by atoms with Gasteiger partial charge in [-0.2, -0.15) is 0 Å². The van der Waals surface area contributed by atoms with Crippen LogP contribution in [0.15, 0.2) is 28.7 Å². The minimum atomic E-state index is -2.92. The van der Waals surface area contributed by atoms with Crippen LogP contribution in [0.25, 0.3) is 11.0 Å². The molecule has 0 saturated carbocycles. The monoisotopic (exact) mass is 329 g/mol. The Balaban J connectivity index is 2.02. The van der Waals surface area contributed by atoms with Crippen LogP contribution in [0.2, 0.25) is 5.02 Å². The van der Waals surface area contributed by atoms with E-state index in [0.29, 0.717) is 11.4 Å². The minimum absolute atomic E-state index is 0.00531. The summed E-state index contributed by atoms with van der Waals surface area (Å²) in [6.07, 6.45) is 1.83. The second kappa shape index (κ2) is 6.38. The Labute approximate surface area is 130 Å². The lowest BCUT2D eigenvalue weighted by molar-refractivity contribution is 0.406. The van der Waals surface area contributed by atoms with Gasteiger partial charge in [-0.3, -0.25) is 0 Å². The molecule has 0 bridgehead atoms. The third-order valence-electron chi connectivity index (χ3n) is 3.38. The zero-order chi connectivity index (χ0) is 15.6. The third kappa shape index (κ3) is 4.73. The molecule has 0 spiro atoms. The number of halogens is 1. The highest BCUT2D eigenvalue weighted by Crippen LogP contribution is 2.26. The molecule has 2 atom stereocenters. The lowest BCUT2D eigenvalue weighted by Crippen LogP contribution is -2.30. The van der Waals surface area contributed by atoms with Gasteiger partial charge in [-0.15, -0.1) is 0 Å². The molecule has 0 fully saturated rings. The predicted octanol–water partition coefficient (Wildman–Crippen LogP) is 3.56. The van der Waals surface area contributed by atoms with Crippen LogP contribution < -0.4 is 5.32 Å². The lowest BCUT2D eigenvalue weighted by atomic mass is 10.2. The summed E-state index contributed by atoms with van der Waals surface area (Å²) in [6, 6.07) is 7.56. The summed E-state index contributed by atoms with van der Waals surface area (Å²) in [5, 5.41) is 5.00. The first-order valence-electron chi connectivity index (χ1n) is 6.87. The zero-order valence-corrected chi connectivity index (χ0v) is 14.0. The smallest absolute Gasteiger partial charge is 0.147 e. The lowest BCUT2D eigenvalue weighted by Gasteiger charge is -2.18. The number of benzene rings is 1. The van der Waals surface area contributed by atoms with Crippen LogP contribution in [-0.2, 0) is 9.84 Å². The van der Waals surface area contributed by atoms with Gasteiger partial charge in [0.25, 0.3) is 0 Å². The van der Waals surface area contributed by atoms with Crippen molar-refractivity contribution in [2.45, 2.75) is 32.4 Å². The fraction of sp³-hybridized carbons (Fsp3) is 0.467. The Morgan fingerprint density at radius 2 is 2.00 bits per heavy atom. The molecule has 0 amide bonds. The van der Waals surface area contributed by atoms with Crippen molar-refractivity contribution in [2.24, 2.45) is 0 Å². The van der Waals surface area contributed by atoms with Crippen molar-refractivity contribution in [3.8, 4) is 0 Å². The molecule has 0 radical (unpaired) electrons. The maximum atomic E-state index is 11.2. The molecule has 0 unspecified atom stereocenters. The summed E-state index contributed by atoms with van der Waals surface area (Å²) in [4.78, 5) is 0. The second-order valence-electron chi connectivity index (χ2n) is 5.54. The van der Waals surface area contributed by atoms with Gasteiger partial charge in [-0.05, 0) is 44.5 Å². The Bertz CT molecular complexity index is 724. The molecule has 0 aliphatic heterocycles. The number of furan rings is 1. The van der Waals surface area contributed by atoms with E-state index in [2.05, 4.69) is 5.32 Å². The molecule has 1 aromatic carbocycles. The maximum absolute atomic E-state index is 11.2. The van der Waals surface area contributed by atoms with E-state index in [1.807, 2.05) is 32.0 Å². The summed E-state index contributed by atoms with van der Waals surface area (Å²) in [6.45, 7) is 3.97. The average Bonchev–Trinajstić information content (AvgIpc) is 2.78. The van der Waals surface area contributed by atoms with Crippen LogP contribution in [0.4, 0.5) is 0 Å². The number of hydrogen-bond donors (Lipinski definition) is 1. The Morgan fingerprint density at radius 1 is 1.29 bits per heavy atom. The van der Waals surface area contributed by atoms with Crippen LogP contribution in [0.5, 0.6) is 0 Å². The molecule has 1 heterocycles. The van der Waals surface area contributed by atoms with Gasteiger partial charge in [0, 0.05) is 22.7 Å². The highest BCUT2D eigenvalue weighted by Gasteiger charge is 2.15. The van der Waals surface area contributed by atoms with E-state index in [4.69, 9.17) is 16.0 Å². The SMILES string of the molecule is C[C@H](CCS(C)(=O)=O)N[C@H](C)c1cc2cc(Cl)ccc2o1. The molecule has 2 rings (SSSR count). The van der Waals surface area contributed by atoms with E-state index in [1.54, 1.807) is 6.07 Å². The summed E-state index contributed by atoms with van der Waals surface area (Å²) in [5.41, 5.74) is 0.798. The molecule has 1 aromatic heterocycles. The Kier molecular flexibility index (Phi) is 4.96. The molecule has 2 aromatic rings. The van der Waals surface area contributed by atoms with Crippen LogP contribution in [0, 0.1) is 0 Å². The summed E-state index contributed by atoms with van der Waals surface area (Å²) < 4.78 is 28.2. The van der Waals surface area contributed by atoms with Gasteiger partial charge < -0.3 is 9.73 Å². The molecule has 21 heavy (non-hydrogen) atoms. The molecular weight excluding hydrogens is 310 g/mol. The van der Waals surface area contributed by atoms with Crippen LogP contribution in [0.3, 0.4) is 0 Å². The van der Waals surface area contributed by atoms with Gasteiger partial charge in [0.05, 0.1) is 11.8 Å². The van der Waals surface area contributed by atoms with Gasteiger partial charge in [0.1, 0.15) is 21.2 Å². The normalized spacial score (nSPS) is 15.2. The van der Waals surface area contributed by atoms with E-state index in [0.717, 1.165) is 16.7 Å². The number of rotatable bonds is 6. The number of nitrogens with one attached hydrogen (secondary N) is 1. The second-order valence-corrected chi connectivity index (χ2v) is 8.24. The van der Waals surface area contributed by atoms with Crippen molar-refractivity contribution in [1.82, 2.24) is 5.32 Å². The standard InChI is InChI=1S/C15H20ClNO3S/c1-10(6-7-21(3,18)19)17-11(2)15-9-12-8-13(16)4-5-14(12)20-15/h4-5,8-11,17H,6-7H2,1-3H3/t10-,11-/m1/s1. The summed E-state index contributed by atoms with van der Waals surface area (Å²) >= 11 is 5.96. The van der Waals surface area contributed by atoms with Crippen molar-refractivity contribution >= 4 is 32.4 Å². The van der Waals surface area contributed by atoms with E-state index >= 15 is 0 Å². The van der Waals surface area contributed by atoms with Crippen molar-refractivity contribution in [2.75, 3.05) is 12.0 Å². The molecule has 0 aliphatic rings. The third-order valence-corrected chi connectivity index (χ3v) is 4.59. The van der Waals surface area contributed by atoms with Gasteiger partial charge in [0.15, 0.2) is 0 Å². The van der Waals surface area contributed by atoms with E-state index < -0.39 is 9.84 Å². The number of sulfone groups is 1. The molecule has 0 saturated heterocycles. The quantitative estimate of drug-likeness (QED) is 0.880. The molecular formula is C15H20ClNO3S. The van der Waals surface area contributed by atoms with E-state index in [1.165, 1.54) is 6.26 Å². The Morgan fingerprint density at radius 3 is 2.67 bits per heavy atom. The number of hydrogen-bond acceptors (Lipinski definition) is 4. The van der Waals surface area contributed by atoms with Crippen molar-refractivity contribution in [3.05, 3.63) is 35.0 Å². The van der Waals surface area contributed by atoms with Gasteiger partial charge in [-0.25, -0.2) is 8.42 Å². The molecule has 116 valence electrons. The highest BCUT2D eigenvalue weighted by molar-refractivity contribution is 7.90. The predicted molar refractivity (Wildman–Crippen MR) is 86.6 cm³/mol. The van der Waals surface area contributed by atoms with Crippen molar-refractivity contribution in [3.63, 3.8) is 0 Å². The number of fused-ring (bicyclic) bond motifs is 1. The summed E-state index contributed by atoms with van der Waals surface area (Å²) in [7, 11) is -2.92. The molecule has 4 nitrogen and oxygen atoms in total. The van der Waals surface area contributed by atoms with Crippen LogP contribution >= 0.6 is 11.6 Å². The van der Waals surface area contributed by atoms with E-state index in [9.17, 15) is 8.42 Å². The first-order chi connectivity index (χ1) is 9.74. The topological polar surface area (TPSA) is 59.3 Å². The highest BCUT2D eigenvalue weighted by atomic mass is 35.5. The zero-order valence-electron chi connectivity index (χ0n) is 12.4. The fourth-order valence-corrected chi connectivity index (χ4v) is 3.19. The molecule has 1 N–H and O–H groups in total. The fourth-order valence-electron chi connectivity index (χ4n) is 2.23. The molecule has 0 aliphatic carbocycles. The molecule has 6 heteroatoms. The van der Waals surface area contributed by atoms with Gasteiger partial charge in [-0.1, -0.05) is 11.6 Å². The average molecular weight is 330 g/mol. The summed E-state index contributed by atoms with van der Waals surface area (Å²) in [5.74, 6) is 1.00. The van der Waals surface area contributed by atoms with Crippen molar-refractivity contribution in [1.29, 1.82) is 0 Å². The van der Waals surface area contributed by atoms with Crippen LogP contribution in [-0.4, -0.2) is 26.5 Å².